The number of hydrogen-bond acceptors (Lipinski definition) is 5. The number of carbonyl (C=O) groups excluding carboxylic acids is 1. The molecule has 0 radical (unpaired) electrons. The summed E-state index contributed by atoms with van der Waals surface area (Å²) in [7, 11) is 0. The highest BCUT2D eigenvalue weighted by Crippen LogP contribution is 2.43. The minimum Gasteiger partial charge on any atom is -0.475 e. The fraction of sp³-hybridized carbons (Fsp3) is 0.438. The minimum absolute atomic E-state index is 0.0790. The largest absolute Gasteiger partial charge is 0.490 e. The van der Waals surface area contributed by atoms with Crippen LogP contribution in [-0.4, -0.2) is 58.2 Å². The zero-order valence-corrected chi connectivity index (χ0v) is 15.4. The molecular weight excluding hydrogens is 407 g/mol. The number of carboxylic acid groups (broad SMARTS) is 1. The standard InChI is InChI=1S/C14H14ClN3OS.C2HF3O2/c15-13-17-10-2-1-9(7-11(10)20-13)12(19)18-6-5-16-8-14(18)3-4-14;3-2(4,5)1(6)7/h1-2,7,16H,3-6,8H2;(H,6,7). The molecule has 1 aromatic heterocycles. The molecule has 4 rings (SSSR count). The van der Waals surface area contributed by atoms with E-state index in [1.807, 2.05) is 23.1 Å². The molecule has 2 N–H and O–H groups in total. The normalized spacial score (nSPS) is 18.1. The summed E-state index contributed by atoms with van der Waals surface area (Å²) in [6.45, 7) is 2.59. The van der Waals surface area contributed by atoms with E-state index in [1.165, 1.54) is 11.3 Å². The Morgan fingerprint density at radius 3 is 2.59 bits per heavy atom. The van der Waals surface area contributed by atoms with Gasteiger partial charge in [-0.05, 0) is 31.0 Å². The molecule has 1 aliphatic carbocycles. The Kier molecular flexibility index (Phi) is 5.33. The number of piperazine rings is 1. The van der Waals surface area contributed by atoms with E-state index in [0.717, 1.165) is 48.3 Å². The van der Waals surface area contributed by atoms with Crippen LogP contribution in [0.25, 0.3) is 10.2 Å². The third kappa shape index (κ3) is 4.33. The summed E-state index contributed by atoms with van der Waals surface area (Å²) >= 11 is 7.34. The first-order valence-electron chi connectivity index (χ1n) is 8.01. The monoisotopic (exact) mass is 421 g/mol. The second kappa shape index (κ2) is 7.25. The van der Waals surface area contributed by atoms with E-state index in [4.69, 9.17) is 21.5 Å². The number of nitrogens with one attached hydrogen (secondary N) is 1. The molecule has 2 aromatic rings. The summed E-state index contributed by atoms with van der Waals surface area (Å²) < 4.78 is 33.2. The average molecular weight is 422 g/mol. The molecule has 1 saturated carbocycles. The minimum atomic E-state index is -5.08. The van der Waals surface area contributed by atoms with Crippen molar-refractivity contribution >= 4 is 45.0 Å². The van der Waals surface area contributed by atoms with E-state index < -0.39 is 12.1 Å². The highest BCUT2D eigenvalue weighted by Gasteiger charge is 2.51. The van der Waals surface area contributed by atoms with Gasteiger partial charge in [0.2, 0.25) is 0 Å². The summed E-state index contributed by atoms with van der Waals surface area (Å²) in [5, 5.41) is 10.5. The number of rotatable bonds is 1. The maximum Gasteiger partial charge on any atom is 0.490 e. The molecule has 11 heteroatoms. The van der Waals surface area contributed by atoms with Crippen molar-refractivity contribution in [1.82, 2.24) is 15.2 Å². The zero-order chi connectivity index (χ0) is 19.8. The first-order valence-corrected chi connectivity index (χ1v) is 9.21. The van der Waals surface area contributed by atoms with Crippen LogP contribution in [0.5, 0.6) is 0 Å². The molecule has 0 bridgehead atoms. The lowest BCUT2D eigenvalue weighted by Gasteiger charge is -2.36. The second-order valence-corrected chi connectivity index (χ2v) is 7.92. The molecule has 2 heterocycles. The first-order chi connectivity index (χ1) is 12.6. The third-order valence-electron chi connectivity index (χ3n) is 4.46. The summed E-state index contributed by atoms with van der Waals surface area (Å²) in [5.41, 5.74) is 1.68. The van der Waals surface area contributed by atoms with Gasteiger partial charge in [0.05, 0.1) is 15.8 Å². The van der Waals surface area contributed by atoms with Crippen molar-refractivity contribution in [1.29, 1.82) is 0 Å². The molecule has 1 amide bonds. The smallest absolute Gasteiger partial charge is 0.475 e. The van der Waals surface area contributed by atoms with E-state index >= 15 is 0 Å². The number of halogens is 4. The second-order valence-electron chi connectivity index (χ2n) is 6.31. The van der Waals surface area contributed by atoms with Gasteiger partial charge in [0.15, 0.2) is 4.47 Å². The molecule has 27 heavy (non-hydrogen) atoms. The van der Waals surface area contributed by atoms with Crippen LogP contribution >= 0.6 is 22.9 Å². The van der Waals surface area contributed by atoms with Crippen molar-refractivity contribution in [3.63, 3.8) is 0 Å². The summed E-state index contributed by atoms with van der Waals surface area (Å²) in [4.78, 5) is 27.9. The molecular formula is C16H15ClF3N3O3S. The predicted octanol–water partition coefficient (Wildman–Crippen LogP) is 3.16. The molecule has 2 fully saturated rings. The predicted molar refractivity (Wildman–Crippen MR) is 94.2 cm³/mol. The maximum absolute atomic E-state index is 12.8. The molecule has 1 aromatic carbocycles. The molecule has 0 unspecified atom stereocenters. The average Bonchev–Trinajstić information content (AvgIpc) is 3.25. The number of amides is 1. The maximum atomic E-state index is 12.8. The van der Waals surface area contributed by atoms with Gasteiger partial charge in [0, 0.05) is 25.2 Å². The van der Waals surface area contributed by atoms with E-state index in [0.29, 0.717) is 4.47 Å². The van der Waals surface area contributed by atoms with Crippen molar-refractivity contribution in [3.05, 3.63) is 28.2 Å². The number of nitrogens with zero attached hydrogens (tertiary/aromatic N) is 2. The van der Waals surface area contributed by atoms with E-state index in [-0.39, 0.29) is 11.4 Å². The summed E-state index contributed by atoms with van der Waals surface area (Å²) in [6, 6.07) is 5.66. The van der Waals surface area contributed by atoms with Gasteiger partial charge in [-0.3, -0.25) is 4.79 Å². The lowest BCUT2D eigenvalue weighted by atomic mass is 10.1. The van der Waals surface area contributed by atoms with Crippen LogP contribution in [0.4, 0.5) is 13.2 Å². The van der Waals surface area contributed by atoms with E-state index in [2.05, 4.69) is 10.3 Å². The molecule has 6 nitrogen and oxygen atoms in total. The fourth-order valence-electron chi connectivity index (χ4n) is 2.94. The van der Waals surface area contributed by atoms with Crippen LogP contribution in [0.15, 0.2) is 18.2 Å². The van der Waals surface area contributed by atoms with Crippen molar-refractivity contribution < 1.29 is 27.9 Å². The molecule has 1 spiro atoms. The quantitative estimate of drug-likeness (QED) is 0.739. The number of aliphatic carboxylic acids is 1. The highest BCUT2D eigenvalue weighted by atomic mass is 35.5. The van der Waals surface area contributed by atoms with Crippen LogP contribution in [0.1, 0.15) is 23.2 Å². The fourth-order valence-corrected chi connectivity index (χ4v) is 4.01. The van der Waals surface area contributed by atoms with Gasteiger partial charge in [0.1, 0.15) is 0 Å². The lowest BCUT2D eigenvalue weighted by Crippen LogP contribution is -2.55. The summed E-state index contributed by atoms with van der Waals surface area (Å²) in [5.74, 6) is -2.62. The van der Waals surface area contributed by atoms with E-state index in [9.17, 15) is 18.0 Å². The molecule has 146 valence electrons. The third-order valence-corrected chi connectivity index (χ3v) is 5.59. The topological polar surface area (TPSA) is 82.5 Å². The number of fused-ring (bicyclic) bond motifs is 1. The highest BCUT2D eigenvalue weighted by molar-refractivity contribution is 7.22. The molecule has 1 aliphatic heterocycles. The summed E-state index contributed by atoms with van der Waals surface area (Å²) in [6.07, 6.45) is -2.86. The van der Waals surface area contributed by atoms with Gasteiger partial charge in [-0.15, -0.1) is 11.3 Å². The molecule has 2 aliphatic rings. The Morgan fingerprint density at radius 2 is 2.00 bits per heavy atom. The Labute approximate surface area is 160 Å². The van der Waals surface area contributed by atoms with Crippen molar-refractivity contribution in [2.75, 3.05) is 19.6 Å². The van der Waals surface area contributed by atoms with Gasteiger partial charge in [-0.25, -0.2) is 9.78 Å². The van der Waals surface area contributed by atoms with Gasteiger partial charge < -0.3 is 15.3 Å². The van der Waals surface area contributed by atoms with Crippen LogP contribution in [0.2, 0.25) is 4.47 Å². The van der Waals surface area contributed by atoms with Crippen LogP contribution in [-0.2, 0) is 4.79 Å². The van der Waals surface area contributed by atoms with Crippen molar-refractivity contribution in [2.24, 2.45) is 0 Å². The molecule has 1 saturated heterocycles. The number of aromatic nitrogens is 1. The van der Waals surface area contributed by atoms with Gasteiger partial charge in [-0.2, -0.15) is 13.2 Å². The lowest BCUT2D eigenvalue weighted by molar-refractivity contribution is -0.192. The Balaban J connectivity index is 0.000000260. The Morgan fingerprint density at radius 1 is 1.33 bits per heavy atom. The Hall–Kier alpha value is -1.91. The number of hydrogen-bond donors (Lipinski definition) is 2. The van der Waals surface area contributed by atoms with Crippen LogP contribution < -0.4 is 5.32 Å². The van der Waals surface area contributed by atoms with Gasteiger partial charge >= 0.3 is 12.1 Å². The number of benzene rings is 1. The van der Waals surface area contributed by atoms with Crippen molar-refractivity contribution in [3.8, 4) is 0 Å². The molecule has 0 atom stereocenters. The number of carbonyl (C=O) groups is 2. The Bertz CT molecular complexity index is 883. The first kappa shape index (κ1) is 19.8. The van der Waals surface area contributed by atoms with E-state index in [1.54, 1.807) is 0 Å². The van der Waals surface area contributed by atoms with Crippen LogP contribution in [0.3, 0.4) is 0 Å². The SMILES string of the molecule is O=C(O)C(F)(F)F.O=C(c1ccc2nc(Cl)sc2c1)N1CCNCC12CC2. The van der Waals surface area contributed by atoms with Gasteiger partial charge in [0.25, 0.3) is 5.91 Å². The number of thiazole rings is 1. The van der Waals surface area contributed by atoms with Crippen molar-refractivity contribution in [2.45, 2.75) is 24.6 Å². The zero-order valence-electron chi connectivity index (χ0n) is 13.8. The van der Waals surface area contributed by atoms with Gasteiger partial charge in [-0.1, -0.05) is 11.6 Å². The van der Waals surface area contributed by atoms with Crippen LogP contribution in [0, 0.1) is 0 Å². The number of carboxylic acids is 1. The number of alkyl halides is 3.